The number of hydrogen-bond donors (Lipinski definition) is 1. The lowest BCUT2D eigenvalue weighted by Gasteiger charge is -2.36. The van der Waals surface area contributed by atoms with Gasteiger partial charge in [-0.3, -0.25) is 9.78 Å². The zero-order valence-corrected chi connectivity index (χ0v) is 22.3. The van der Waals surface area contributed by atoms with Gasteiger partial charge in [-0.15, -0.1) is 11.8 Å². The zero-order valence-electron chi connectivity index (χ0n) is 21.4. The van der Waals surface area contributed by atoms with Crippen molar-refractivity contribution < 1.29 is 23.8 Å². The van der Waals surface area contributed by atoms with Gasteiger partial charge in [-0.2, -0.15) is 0 Å². The Balaban J connectivity index is 1.27. The number of pyridine rings is 1. The number of nitrogens with zero attached hydrogens (tertiary/aromatic N) is 2. The number of aliphatic carboxylic acids is 1. The summed E-state index contributed by atoms with van der Waals surface area (Å²) in [5, 5.41) is 10.7. The summed E-state index contributed by atoms with van der Waals surface area (Å²) < 4.78 is 25.9. The van der Waals surface area contributed by atoms with E-state index in [1.54, 1.807) is 38.2 Å². The maximum atomic E-state index is 15.4. The Morgan fingerprint density at radius 3 is 2.65 bits per heavy atom. The third-order valence-electron chi connectivity index (χ3n) is 7.21. The van der Waals surface area contributed by atoms with Crippen LogP contribution in [0.3, 0.4) is 0 Å². The van der Waals surface area contributed by atoms with Crippen molar-refractivity contribution in [3.8, 4) is 11.5 Å². The first-order valence-corrected chi connectivity index (χ1v) is 13.8. The Morgan fingerprint density at radius 2 is 1.92 bits per heavy atom. The van der Waals surface area contributed by atoms with E-state index in [0.717, 1.165) is 48.3 Å². The second-order valence-corrected chi connectivity index (χ2v) is 10.7. The molecule has 1 fully saturated rings. The van der Waals surface area contributed by atoms with Crippen LogP contribution in [0.5, 0.6) is 11.5 Å². The Bertz CT molecular complexity index is 1180. The number of benzene rings is 2. The molecule has 198 valence electrons. The van der Waals surface area contributed by atoms with Gasteiger partial charge < -0.3 is 19.5 Å². The summed E-state index contributed by atoms with van der Waals surface area (Å²) in [6, 6.07) is 15.2. The number of carboxylic acids is 1. The molecule has 0 bridgehead atoms. The highest BCUT2D eigenvalue weighted by Gasteiger charge is 2.34. The topological polar surface area (TPSA) is 71.9 Å². The van der Waals surface area contributed by atoms with Crippen LogP contribution in [0.4, 0.5) is 4.39 Å². The highest BCUT2D eigenvalue weighted by atomic mass is 32.2. The average molecular weight is 527 g/mol. The molecule has 4 rings (SSSR count). The van der Waals surface area contributed by atoms with Crippen LogP contribution in [0.25, 0.3) is 10.9 Å². The van der Waals surface area contributed by atoms with Crippen LogP contribution in [0.15, 0.2) is 59.6 Å². The Hall–Kier alpha value is -2.84. The van der Waals surface area contributed by atoms with Crippen LogP contribution in [-0.2, 0) is 4.79 Å². The number of methoxy groups -OCH3 is 2. The summed E-state index contributed by atoms with van der Waals surface area (Å²) in [6.07, 6.45) is 3.05. The van der Waals surface area contributed by atoms with Gasteiger partial charge >= 0.3 is 5.97 Å². The number of halogens is 1. The van der Waals surface area contributed by atoms with E-state index < -0.39 is 18.1 Å². The minimum Gasteiger partial charge on any atom is -0.497 e. The second kappa shape index (κ2) is 13.1. The second-order valence-electron chi connectivity index (χ2n) is 9.50. The highest BCUT2D eigenvalue weighted by molar-refractivity contribution is 7.99. The molecule has 1 saturated heterocycles. The number of alkyl halides is 1. The lowest BCUT2D eigenvalue weighted by atomic mass is 9.81. The first-order chi connectivity index (χ1) is 18.0. The molecular weight excluding hydrogens is 491 g/mol. The Morgan fingerprint density at radius 1 is 1.16 bits per heavy atom. The highest BCUT2D eigenvalue weighted by Crippen LogP contribution is 2.35. The number of piperidine rings is 1. The minimum absolute atomic E-state index is 0.0247. The lowest BCUT2D eigenvalue weighted by molar-refractivity contribution is -0.146. The number of carbonyl (C=O) groups is 1. The molecule has 1 aromatic heterocycles. The smallest absolute Gasteiger partial charge is 0.308 e. The van der Waals surface area contributed by atoms with Gasteiger partial charge in [-0.05, 0) is 105 Å². The summed E-state index contributed by atoms with van der Waals surface area (Å²) in [5.74, 6) is 1.21. The Labute approximate surface area is 222 Å². The molecule has 3 aromatic rings. The minimum atomic E-state index is -1.18. The number of fused-ring (bicyclic) bond motifs is 1. The van der Waals surface area contributed by atoms with Crippen LogP contribution in [0.2, 0.25) is 0 Å². The summed E-state index contributed by atoms with van der Waals surface area (Å²) in [7, 11) is 3.24. The number of likely N-dealkylation sites (tertiary alicyclic amines) is 1. The van der Waals surface area contributed by atoms with E-state index >= 15 is 4.39 Å². The molecule has 0 unspecified atom stereocenters. The predicted octanol–water partition coefficient (Wildman–Crippen LogP) is 6.25. The van der Waals surface area contributed by atoms with E-state index in [4.69, 9.17) is 9.47 Å². The van der Waals surface area contributed by atoms with Gasteiger partial charge in [-0.25, -0.2) is 4.39 Å². The van der Waals surface area contributed by atoms with Crippen LogP contribution >= 0.6 is 11.8 Å². The maximum Gasteiger partial charge on any atom is 0.308 e. The molecule has 1 aliphatic rings. The molecule has 6 nitrogen and oxygen atoms in total. The predicted molar refractivity (Wildman–Crippen MR) is 145 cm³/mol. The van der Waals surface area contributed by atoms with Gasteiger partial charge in [0, 0.05) is 23.0 Å². The monoisotopic (exact) mass is 526 g/mol. The standard InChI is InChI=1S/C29H35FN2O4S/c1-35-21-5-8-23(9-6-21)37-17-3-15-32-16-13-20(26(19-32)29(33)34)4-10-27(30)24-12-14-31-28-11-7-22(36-2)18-25(24)28/h5-9,11-12,14,18,20,26-27H,3-4,10,13,15-17,19H2,1-2H3,(H,33,34)/t20-,26+,27-/m1/s1. The van der Waals surface area contributed by atoms with Crippen LogP contribution in [-0.4, -0.2) is 60.6 Å². The van der Waals surface area contributed by atoms with E-state index in [1.165, 1.54) is 4.90 Å². The fraction of sp³-hybridized carbons (Fsp3) is 0.448. The number of ether oxygens (including phenoxy) is 2. The van der Waals surface area contributed by atoms with Crippen molar-refractivity contribution in [2.24, 2.45) is 11.8 Å². The van der Waals surface area contributed by atoms with Gasteiger partial charge in [0.05, 0.1) is 25.7 Å². The third-order valence-corrected chi connectivity index (χ3v) is 8.31. The number of rotatable bonds is 12. The van der Waals surface area contributed by atoms with Gasteiger partial charge in [0.25, 0.3) is 0 Å². The first kappa shape index (κ1) is 27.2. The van der Waals surface area contributed by atoms with E-state index in [2.05, 4.69) is 22.0 Å². The molecule has 1 aliphatic heterocycles. The number of aromatic nitrogens is 1. The fourth-order valence-electron chi connectivity index (χ4n) is 5.11. The molecule has 0 spiro atoms. The van der Waals surface area contributed by atoms with Gasteiger partial charge in [0.1, 0.15) is 17.7 Å². The summed E-state index contributed by atoms with van der Waals surface area (Å²) in [6.45, 7) is 2.25. The number of hydrogen-bond acceptors (Lipinski definition) is 6. The molecule has 2 aromatic carbocycles. The molecule has 37 heavy (non-hydrogen) atoms. The van der Waals surface area contributed by atoms with Crippen molar-refractivity contribution in [3.63, 3.8) is 0 Å². The third kappa shape index (κ3) is 7.14. The van der Waals surface area contributed by atoms with E-state index in [0.29, 0.717) is 30.7 Å². The SMILES string of the molecule is COc1ccc(SCCCN2CC[C@@H](CC[C@@H](F)c3ccnc4ccc(OC)cc34)[C@@H](C(=O)O)C2)cc1. The van der Waals surface area contributed by atoms with Gasteiger partial charge in [0.2, 0.25) is 0 Å². The lowest BCUT2D eigenvalue weighted by Crippen LogP contribution is -2.44. The zero-order chi connectivity index (χ0) is 26.2. The molecule has 3 atom stereocenters. The van der Waals surface area contributed by atoms with E-state index in [9.17, 15) is 9.90 Å². The largest absolute Gasteiger partial charge is 0.497 e. The molecule has 2 heterocycles. The van der Waals surface area contributed by atoms with E-state index in [-0.39, 0.29) is 5.92 Å². The van der Waals surface area contributed by atoms with Crippen molar-refractivity contribution in [1.29, 1.82) is 0 Å². The molecule has 1 N–H and O–H groups in total. The summed E-state index contributed by atoms with van der Waals surface area (Å²) in [4.78, 5) is 19.9. The normalized spacial score (nSPS) is 19.0. The van der Waals surface area contributed by atoms with Crippen molar-refractivity contribution in [3.05, 3.63) is 60.3 Å². The summed E-state index contributed by atoms with van der Waals surface area (Å²) >= 11 is 1.80. The van der Waals surface area contributed by atoms with Crippen molar-refractivity contribution in [2.75, 3.05) is 39.6 Å². The number of carboxylic acid groups (broad SMARTS) is 1. The molecule has 0 amide bonds. The van der Waals surface area contributed by atoms with Crippen molar-refractivity contribution in [2.45, 2.75) is 36.8 Å². The van der Waals surface area contributed by atoms with Gasteiger partial charge in [0.15, 0.2) is 0 Å². The molecular formula is C29H35FN2O4S. The van der Waals surface area contributed by atoms with Crippen LogP contribution in [0, 0.1) is 11.8 Å². The molecule has 0 radical (unpaired) electrons. The molecule has 0 aliphatic carbocycles. The summed E-state index contributed by atoms with van der Waals surface area (Å²) in [5.41, 5.74) is 1.31. The van der Waals surface area contributed by atoms with Crippen molar-refractivity contribution >= 4 is 28.6 Å². The first-order valence-electron chi connectivity index (χ1n) is 12.8. The maximum absolute atomic E-state index is 15.4. The average Bonchev–Trinajstić information content (AvgIpc) is 2.93. The fourth-order valence-corrected chi connectivity index (χ4v) is 5.95. The Kier molecular flexibility index (Phi) is 9.63. The number of thioether (sulfide) groups is 1. The van der Waals surface area contributed by atoms with E-state index in [1.807, 2.05) is 30.3 Å². The van der Waals surface area contributed by atoms with Crippen LogP contribution in [0.1, 0.15) is 37.4 Å². The quantitative estimate of drug-likeness (QED) is 0.221. The van der Waals surface area contributed by atoms with Gasteiger partial charge in [-0.1, -0.05) is 0 Å². The molecule has 8 heteroatoms. The van der Waals surface area contributed by atoms with Crippen molar-refractivity contribution in [1.82, 2.24) is 9.88 Å². The molecule has 0 saturated carbocycles. The van der Waals surface area contributed by atoms with Crippen LogP contribution < -0.4 is 9.47 Å².